The molecule has 0 saturated carbocycles. The second-order valence-electron chi connectivity index (χ2n) is 5.66. The Morgan fingerprint density at radius 2 is 1.95 bits per heavy atom. The van der Waals surface area contributed by atoms with E-state index in [-0.39, 0.29) is 0 Å². The second-order valence-corrected chi connectivity index (χ2v) is 7.52. The molecule has 0 spiro atoms. The number of nitrogens with zero attached hydrogens (tertiary/aromatic N) is 3. The molecule has 4 rings (SSSR count). The smallest absolute Gasteiger partial charge is 0.190 e. The van der Waals surface area contributed by atoms with Crippen LogP contribution in [0.5, 0.6) is 0 Å². The highest BCUT2D eigenvalue weighted by Crippen LogP contribution is 2.40. The Morgan fingerprint density at radius 3 is 2.76 bits per heavy atom. The fourth-order valence-electron chi connectivity index (χ4n) is 3.32. The third-order valence-corrected chi connectivity index (χ3v) is 6.11. The Bertz CT molecular complexity index is 661. The summed E-state index contributed by atoms with van der Waals surface area (Å²) in [6.45, 7) is 4.19. The van der Waals surface area contributed by atoms with Crippen molar-refractivity contribution in [3.63, 3.8) is 0 Å². The molecule has 1 saturated heterocycles. The molecule has 4 nitrogen and oxygen atoms in total. The minimum atomic E-state index is 0.912. The lowest BCUT2D eigenvalue weighted by Crippen LogP contribution is -2.44. The van der Waals surface area contributed by atoms with E-state index in [4.69, 9.17) is 9.97 Å². The molecule has 2 aliphatic rings. The Morgan fingerprint density at radius 1 is 1.14 bits per heavy atom. The minimum Gasteiger partial charge on any atom is -0.353 e. The first-order valence-corrected chi connectivity index (χ1v) is 9.73. The van der Waals surface area contributed by atoms with E-state index in [1.54, 1.807) is 22.2 Å². The maximum absolute atomic E-state index is 4.88. The van der Waals surface area contributed by atoms with E-state index in [1.165, 1.54) is 41.7 Å². The number of hydrogen-bond donors (Lipinski definition) is 1. The van der Waals surface area contributed by atoms with Crippen LogP contribution in [-0.2, 0) is 12.8 Å². The first-order chi connectivity index (χ1) is 10.4. The quantitative estimate of drug-likeness (QED) is 0.680. The van der Waals surface area contributed by atoms with Gasteiger partial charge in [0, 0.05) is 31.1 Å². The van der Waals surface area contributed by atoms with Gasteiger partial charge in [0.15, 0.2) is 5.16 Å². The largest absolute Gasteiger partial charge is 0.353 e. The second kappa shape index (κ2) is 5.74. The number of thioether (sulfide) groups is 1. The molecule has 1 aliphatic heterocycles. The van der Waals surface area contributed by atoms with Gasteiger partial charge in [-0.05, 0) is 37.5 Å². The average molecular weight is 320 g/mol. The number of hydrogen-bond acceptors (Lipinski definition) is 6. The maximum atomic E-state index is 4.88. The van der Waals surface area contributed by atoms with Crippen LogP contribution in [0.4, 0.5) is 5.82 Å². The van der Waals surface area contributed by atoms with Crippen LogP contribution in [0.3, 0.4) is 0 Å². The van der Waals surface area contributed by atoms with Gasteiger partial charge in [0.25, 0.3) is 0 Å². The first-order valence-electron chi connectivity index (χ1n) is 7.69. The van der Waals surface area contributed by atoms with Crippen LogP contribution in [-0.4, -0.2) is 42.4 Å². The molecule has 0 radical (unpaired) electrons. The number of rotatable bonds is 2. The molecule has 2 aromatic heterocycles. The average Bonchev–Trinajstić information content (AvgIpc) is 2.93. The van der Waals surface area contributed by atoms with E-state index < -0.39 is 0 Å². The van der Waals surface area contributed by atoms with Crippen molar-refractivity contribution < 1.29 is 0 Å². The van der Waals surface area contributed by atoms with Gasteiger partial charge in [-0.25, -0.2) is 9.97 Å². The lowest BCUT2D eigenvalue weighted by Gasteiger charge is -2.29. The molecule has 112 valence electrons. The predicted molar refractivity (Wildman–Crippen MR) is 90.9 cm³/mol. The summed E-state index contributed by atoms with van der Waals surface area (Å²) in [5, 5.41) is 5.70. The van der Waals surface area contributed by atoms with E-state index in [0.29, 0.717) is 0 Å². The van der Waals surface area contributed by atoms with Gasteiger partial charge in [0.1, 0.15) is 10.6 Å². The van der Waals surface area contributed by atoms with Crippen LogP contribution in [0.25, 0.3) is 10.2 Å². The zero-order valence-electron chi connectivity index (χ0n) is 12.3. The zero-order chi connectivity index (χ0) is 14.2. The van der Waals surface area contributed by atoms with Crippen LogP contribution in [0.15, 0.2) is 5.16 Å². The van der Waals surface area contributed by atoms with Crippen molar-refractivity contribution in [3.8, 4) is 0 Å². The highest BCUT2D eigenvalue weighted by molar-refractivity contribution is 7.98. The number of anilines is 1. The van der Waals surface area contributed by atoms with Crippen LogP contribution in [0, 0.1) is 0 Å². The Labute approximate surface area is 133 Å². The van der Waals surface area contributed by atoms with Gasteiger partial charge < -0.3 is 10.2 Å². The summed E-state index contributed by atoms with van der Waals surface area (Å²) < 4.78 is 0. The molecule has 0 unspecified atom stereocenters. The lowest BCUT2D eigenvalue weighted by molar-refractivity contribution is 0.584. The molecule has 1 aliphatic carbocycles. The van der Waals surface area contributed by atoms with Crippen molar-refractivity contribution in [2.45, 2.75) is 30.8 Å². The van der Waals surface area contributed by atoms with Crippen molar-refractivity contribution in [1.82, 2.24) is 15.3 Å². The van der Waals surface area contributed by atoms with Crippen molar-refractivity contribution in [2.24, 2.45) is 0 Å². The molecule has 21 heavy (non-hydrogen) atoms. The SMILES string of the molecule is CSc1nc(N2CCNCC2)c2c3c(sc2n1)CCCC3. The highest BCUT2D eigenvalue weighted by atomic mass is 32.2. The van der Waals surface area contributed by atoms with E-state index in [0.717, 1.165) is 31.3 Å². The van der Waals surface area contributed by atoms with E-state index in [1.807, 2.05) is 11.3 Å². The van der Waals surface area contributed by atoms with Gasteiger partial charge in [-0.15, -0.1) is 11.3 Å². The molecular formula is C15H20N4S2. The van der Waals surface area contributed by atoms with Gasteiger partial charge in [0.05, 0.1) is 5.39 Å². The van der Waals surface area contributed by atoms with Crippen LogP contribution >= 0.6 is 23.1 Å². The van der Waals surface area contributed by atoms with Crippen molar-refractivity contribution in [2.75, 3.05) is 37.3 Å². The van der Waals surface area contributed by atoms with Gasteiger partial charge in [-0.1, -0.05) is 11.8 Å². The summed E-state index contributed by atoms with van der Waals surface area (Å²) in [4.78, 5) is 14.9. The maximum Gasteiger partial charge on any atom is 0.190 e. The van der Waals surface area contributed by atoms with E-state index in [9.17, 15) is 0 Å². The zero-order valence-corrected chi connectivity index (χ0v) is 13.9. The minimum absolute atomic E-state index is 0.912. The lowest BCUT2D eigenvalue weighted by atomic mass is 9.97. The van der Waals surface area contributed by atoms with Gasteiger partial charge in [-0.2, -0.15) is 0 Å². The molecule has 1 N–H and O–H groups in total. The summed E-state index contributed by atoms with van der Waals surface area (Å²) in [6.07, 6.45) is 7.13. The third-order valence-electron chi connectivity index (χ3n) is 4.37. The third kappa shape index (κ3) is 2.43. The summed E-state index contributed by atoms with van der Waals surface area (Å²) in [7, 11) is 0. The van der Waals surface area contributed by atoms with Gasteiger partial charge in [0.2, 0.25) is 0 Å². The van der Waals surface area contributed by atoms with Crippen LogP contribution in [0.1, 0.15) is 23.3 Å². The monoisotopic (exact) mass is 320 g/mol. The van der Waals surface area contributed by atoms with Crippen molar-refractivity contribution >= 4 is 39.1 Å². The fourth-order valence-corrected chi connectivity index (χ4v) is 4.99. The Hall–Kier alpha value is -0.850. The normalized spacial score (nSPS) is 19.0. The van der Waals surface area contributed by atoms with Crippen molar-refractivity contribution in [3.05, 3.63) is 10.4 Å². The Kier molecular flexibility index (Phi) is 3.77. The molecule has 6 heteroatoms. The van der Waals surface area contributed by atoms with E-state index >= 15 is 0 Å². The predicted octanol–water partition coefficient (Wildman–Crippen LogP) is 2.70. The first kappa shape index (κ1) is 13.8. The summed E-state index contributed by atoms with van der Waals surface area (Å²) in [5.41, 5.74) is 1.54. The summed E-state index contributed by atoms with van der Waals surface area (Å²) >= 11 is 3.55. The summed E-state index contributed by atoms with van der Waals surface area (Å²) in [6, 6.07) is 0. The summed E-state index contributed by atoms with van der Waals surface area (Å²) in [5.74, 6) is 1.19. The van der Waals surface area contributed by atoms with E-state index in [2.05, 4.69) is 16.5 Å². The number of aromatic nitrogens is 2. The number of aryl methyl sites for hydroxylation is 2. The van der Waals surface area contributed by atoms with Crippen LogP contribution in [0.2, 0.25) is 0 Å². The fraction of sp³-hybridized carbons (Fsp3) is 0.600. The molecule has 0 bridgehead atoms. The molecule has 3 heterocycles. The number of nitrogens with one attached hydrogen (secondary N) is 1. The number of fused-ring (bicyclic) bond motifs is 3. The van der Waals surface area contributed by atoms with Crippen LogP contribution < -0.4 is 10.2 Å². The van der Waals surface area contributed by atoms with Crippen molar-refractivity contribution in [1.29, 1.82) is 0 Å². The molecule has 0 aromatic carbocycles. The molecule has 0 atom stereocenters. The number of thiophene rings is 1. The molecule has 1 fully saturated rings. The topological polar surface area (TPSA) is 41.1 Å². The van der Waals surface area contributed by atoms with Gasteiger partial charge in [-0.3, -0.25) is 0 Å². The van der Waals surface area contributed by atoms with Gasteiger partial charge >= 0.3 is 0 Å². The number of piperazine rings is 1. The molecular weight excluding hydrogens is 300 g/mol. The molecule has 2 aromatic rings. The Balaban J connectivity index is 1.90. The standard InChI is InChI=1S/C15H20N4S2/c1-20-15-17-13(19-8-6-16-7-9-19)12-10-4-2-3-5-11(10)21-14(12)18-15/h16H,2-9H2,1H3. The molecule has 0 amide bonds. The highest BCUT2D eigenvalue weighted by Gasteiger charge is 2.24.